The van der Waals surface area contributed by atoms with E-state index < -0.39 is 16.8 Å². The second-order valence-electron chi connectivity index (χ2n) is 8.12. The molecule has 2 N–H and O–H groups in total. The van der Waals surface area contributed by atoms with Crippen LogP contribution in [0.25, 0.3) is 0 Å². The third-order valence-corrected chi connectivity index (χ3v) is 5.88. The predicted octanol–water partition coefficient (Wildman–Crippen LogP) is 1.88. The topological polar surface area (TPSA) is 66.8 Å². The average molecular weight is 282 g/mol. The summed E-state index contributed by atoms with van der Waals surface area (Å²) in [5.41, 5.74) is -2.40. The van der Waals surface area contributed by atoms with Gasteiger partial charge in [-0.3, -0.25) is 4.79 Å². The normalized spacial score (nSPS) is 50.8. The molecule has 0 radical (unpaired) electrons. The van der Waals surface area contributed by atoms with Gasteiger partial charge >= 0.3 is 5.97 Å². The molecule has 0 amide bonds. The van der Waals surface area contributed by atoms with Gasteiger partial charge in [0, 0.05) is 18.8 Å². The van der Waals surface area contributed by atoms with E-state index in [9.17, 15) is 15.0 Å². The first-order chi connectivity index (χ1) is 9.09. The van der Waals surface area contributed by atoms with E-state index in [0.717, 1.165) is 12.8 Å². The molecule has 3 saturated carbocycles. The Labute approximate surface area is 120 Å². The number of carbonyl (C=O) groups excluding carboxylic acids is 1. The van der Waals surface area contributed by atoms with Gasteiger partial charge in [0.2, 0.25) is 0 Å². The molecule has 0 saturated heterocycles. The summed E-state index contributed by atoms with van der Waals surface area (Å²) in [6, 6.07) is 0. The summed E-state index contributed by atoms with van der Waals surface area (Å²) in [6.45, 7) is 7.63. The van der Waals surface area contributed by atoms with E-state index in [1.807, 2.05) is 20.8 Å². The monoisotopic (exact) mass is 282 g/mol. The lowest BCUT2D eigenvalue weighted by Gasteiger charge is -2.72. The van der Waals surface area contributed by atoms with Crippen LogP contribution in [-0.4, -0.2) is 33.0 Å². The lowest BCUT2D eigenvalue weighted by Crippen LogP contribution is -2.79. The molecular weight excluding hydrogens is 256 g/mol. The molecule has 4 nitrogen and oxygen atoms in total. The maximum absolute atomic E-state index is 12.3. The van der Waals surface area contributed by atoms with Crippen molar-refractivity contribution in [2.75, 3.05) is 0 Å². The highest BCUT2D eigenvalue weighted by atomic mass is 16.6. The minimum absolute atomic E-state index is 0.0403. The Bertz CT molecular complexity index is 444. The molecular formula is C16H26O4. The number of aliphatic hydroxyl groups is 2. The summed E-state index contributed by atoms with van der Waals surface area (Å²) in [7, 11) is 0. The molecule has 3 aliphatic carbocycles. The second-order valence-corrected chi connectivity index (χ2v) is 8.12. The van der Waals surface area contributed by atoms with Crippen molar-refractivity contribution >= 4 is 5.97 Å². The Morgan fingerprint density at radius 1 is 1.20 bits per heavy atom. The van der Waals surface area contributed by atoms with E-state index in [0.29, 0.717) is 18.8 Å². The van der Waals surface area contributed by atoms with Crippen molar-refractivity contribution in [2.24, 2.45) is 23.7 Å². The Kier molecular flexibility index (Phi) is 2.85. The van der Waals surface area contributed by atoms with Crippen molar-refractivity contribution in [1.82, 2.24) is 0 Å². The van der Waals surface area contributed by atoms with Crippen LogP contribution < -0.4 is 0 Å². The van der Waals surface area contributed by atoms with Crippen LogP contribution in [0.4, 0.5) is 0 Å². The molecule has 6 unspecified atom stereocenters. The average Bonchev–Trinajstić information content (AvgIpc) is 2.21. The standard InChI is InChI=1S/C16H26O4/c1-9(2)10(3)13(17)20-16-6-11-5-15(19,12(11)16)7-14(4,18)8-16/h9-12,18-19H,5-8H2,1-4H3. The minimum atomic E-state index is -0.946. The van der Waals surface area contributed by atoms with E-state index >= 15 is 0 Å². The SMILES string of the molecule is CC(C)C(C)C(=O)OC12CC3CC(O)(CC(C)(O)C1)C32. The molecule has 4 heteroatoms. The molecule has 3 aliphatic rings. The summed E-state index contributed by atoms with van der Waals surface area (Å²) >= 11 is 0. The van der Waals surface area contributed by atoms with Gasteiger partial charge in [-0.15, -0.1) is 0 Å². The van der Waals surface area contributed by atoms with E-state index in [1.165, 1.54) is 0 Å². The second kappa shape index (κ2) is 3.98. The van der Waals surface area contributed by atoms with Crippen LogP contribution in [0.2, 0.25) is 0 Å². The summed E-state index contributed by atoms with van der Waals surface area (Å²) in [5, 5.41) is 21.1. The zero-order valence-corrected chi connectivity index (χ0v) is 12.8. The molecule has 0 aliphatic heterocycles. The van der Waals surface area contributed by atoms with Crippen LogP contribution in [0.5, 0.6) is 0 Å². The van der Waals surface area contributed by atoms with Gasteiger partial charge in [0.05, 0.1) is 17.1 Å². The fourth-order valence-electron chi connectivity index (χ4n) is 4.93. The first-order valence-electron chi connectivity index (χ1n) is 7.76. The first-order valence-corrected chi connectivity index (χ1v) is 7.76. The first kappa shape index (κ1) is 14.3. The van der Waals surface area contributed by atoms with Crippen LogP contribution in [0.15, 0.2) is 0 Å². The zero-order valence-electron chi connectivity index (χ0n) is 12.8. The van der Waals surface area contributed by atoms with Crippen molar-refractivity contribution in [3.63, 3.8) is 0 Å². The molecule has 20 heavy (non-hydrogen) atoms. The number of esters is 1. The van der Waals surface area contributed by atoms with Crippen molar-refractivity contribution in [3.8, 4) is 0 Å². The summed E-state index contributed by atoms with van der Waals surface area (Å²) < 4.78 is 5.84. The quantitative estimate of drug-likeness (QED) is 0.776. The molecule has 0 heterocycles. The van der Waals surface area contributed by atoms with Crippen molar-refractivity contribution in [3.05, 3.63) is 0 Å². The Balaban J connectivity index is 1.80. The van der Waals surface area contributed by atoms with Crippen molar-refractivity contribution in [2.45, 2.75) is 70.2 Å². The molecule has 0 spiro atoms. The third kappa shape index (κ3) is 1.84. The van der Waals surface area contributed by atoms with Crippen LogP contribution in [0.1, 0.15) is 53.4 Å². The fourth-order valence-corrected chi connectivity index (χ4v) is 4.93. The Morgan fingerprint density at radius 3 is 2.40 bits per heavy atom. The molecule has 6 atom stereocenters. The van der Waals surface area contributed by atoms with Crippen LogP contribution in [0, 0.1) is 23.7 Å². The van der Waals surface area contributed by atoms with Gasteiger partial charge in [-0.2, -0.15) is 0 Å². The van der Waals surface area contributed by atoms with E-state index in [2.05, 4.69) is 0 Å². The van der Waals surface area contributed by atoms with E-state index in [1.54, 1.807) is 6.92 Å². The van der Waals surface area contributed by atoms with Gasteiger partial charge in [-0.05, 0) is 31.6 Å². The Hall–Kier alpha value is -0.610. The minimum Gasteiger partial charge on any atom is -0.458 e. The number of carbonyl (C=O) groups is 1. The molecule has 3 fully saturated rings. The summed E-state index contributed by atoms with van der Waals surface area (Å²) in [5.74, 6) is 0.407. The number of hydrogen-bond acceptors (Lipinski definition) is 4. The lowest BCUT2D eigenvalue weighted by atomic mass is 9.37. The van der Waals surface area contributed by atoms with Crippen molar-refractivity contribution < 1.29 is 19.7 Å². The maximum atomic E-state index is 12.3. The molecule has 0 bridgehead atoms. The van der Waals surface area contributed by atoms with Crippen LogP contribution in [-0.2, 0) is 9.53 Å². The summed E-state index contributed by atoms with van der Waals surface area (Å²) in [4.78, 5) is 12.3. The molecule has 3 rings (SSSR count). The maximum Gasteiger partial charge on any atom is 0.309 e. The lowest BCUT2D eigenvalue weighted by molar-refractivity contribution is -0.346. The predicted molar refractivity (Wildman–Crippen MR) is 73.8 cm³/mol. The van der Waals surface area contributed by atoms with Gasteiger partial charge in [-0.25, -0.2) is 0 Å². The zero-order chi connectivity index (χ0) is 14.9. The molecule has 0 aromatic carbocycles. The highest BCUT2D eigenvalue weighted by molar-refractivity contribution is 5.73. The van der Waals surface area contributed by atoms with Gasteiger partial charge in [-0.1, -0.05) is 20.8 Å². The molecule has 0 aromatic rings. The Morgan fingerprint density at radius 2 is 1.85 bits per heavy atom. The smallest absolute Gasteiger partial charge is 0.309 e. The van der Waals surface area contributed by atoms with Gasteiger partial charge < -0.3 is 14.9 Å². The third-order valence-electron chi connectivity index (χ3n) is 5.88. The molecule has 0 aromatic heterocycles. The number of rotatable bonds is 3. The summed E-state index contributed by atoms with van der Waals surface area (Å²) in [6.07, 6.45) is 2.40. The van der Waals surface area contributed by atoms with Crippen molar-refractivity contribution in [1.29, 1.82) is 0 Å². The number of ether oxygens (including phenoxy) is 1. The van der Waals surface area contributed by atoms with Crippen LogP contribution in [0.3, 0.4) is 0 Å². The van der Waals surface area contributed by atoms with Gasteiger partial charge in [0.15, 0.2) is 0 Å². The number of hydrogen-bond donors (Lipinski definition) is 2. The largest absolute Gasteiger partial charge is 0.458 e. The molecule has 114 valence electrons. The highest BCUT2D eigenvalue weighted by Crippen LogP contribution is 2.70. The fraction of sp³-hybridized carbons (Fsp3) is 0.938. The van der Waals surface area contributed by atoms with Crippen LogP contribution >= 0.6 is 0 Å². The van der Waals surface area contributed by atoms with E-state index in [-0.39, 0.29) is 23.7 Å². The highest BCUT2D eigenvalue weighted by Gasteiger charge is 2.76. The van der Waals surface area contributed by atoms with Gasteiger partial charge in [0.25, 0.3) is 0 Å². The van der Waals surface area contributed by atoms with E-state index in [4.69, 9.17) is 4.74 Å². The van der Waals surface area contributed by atoms with Gasteiger partial charge in [0.1, 0.15) is 5.60 Å².